The number of para-hydroxylation sites is 2. The Bertz CT molecular complexity index is 594. The summed E-state index contributed by atoms with van der Waals surface area (Å²) >= 11 is 1.88. The lowest BCUT2D eigenvalue weighted by atomic mass is 10.2. The number of fused-ring (bicyclic) bond motifs is 2. The third kappa shape index (κ3) is 4.27. The van der Waals surface area contributed by atoms with Crippen LogP contribution in [0.15, 0.2) is 58.3 Å². The van der Waals surface area contributed by atoms with Crippen LogP contribution in [-0.4, -0.2) is 18.1 Å². The maximum absolute atomic E-state index is 2.55. The number of anilines is 2. The van der Waals surface area contributed by atoms with E-state index in [1.807, 2.05) is 11.8 Å². The van der Waals surface area contributed by atoms with Crippen molar-refractivity contribution in [2.24, 2.45) is 0 Å². The minimum absolute atomic E-state index is 0. The standard InChI is InChI=1S/C20H26N2S.HI/c1-3-5-15-21(16-6-4-2)22-17-11-7-9-13-19(17)23-20-14-10-8-12-18(20)22;/h7-14H,3-6,15-16H2,1-2H3;1H. The molecule has 0 fully saturated rings. The first-order valence-electron chi connectivity index (χ1n) is 8.76. The van der Waals surface area contributed by atoms with E-state index in [0.29, 0.717) is 0 Å². The Labute approximate surface area is 167 Å². The molecule has 0 N–H and O–H groups in total. The highest BCUT2D eigenvalue weighted by Crippen LogP contribution is 2.48. The van der Waals surface area contributed by atoms with Crippen molar-refractivity contribution in [1.29, 1.82) is 0 Å². The van der Waals surface area contributed by atoms with E-state index >= 15 is 0 Å². The molecule has 0 bridgehead atoms. The summed E-state index contributed by atoms with van der Waals surface area (Å²) in [6, 6.07) is 17.6. The molecule has 130 valence electrons. The molecule has 2 aromatic carbocycles. The number of benzene rings is 2. The molecule has 0 amide bonds. The summed E-state index contributed by atoms with van der Waals surface area (Å²) in [5, 5.41) is 5.01. The molecule has 1 heterocycles. The van der Waals surface area contributed by atoms with Crippen LogP contribution in [-0.2, 0) is 0 Å². The van der Waals surface area contributed by atoms with Crippen molar-refractivity contribution in [1.82, 2.24) is 5.01 Å². The van der Waals surface area contributed by atoms with E-state index in [1.165, 1.54) is 46.8 Å². The van der Waals surface area contributed by atoms with E-state index < -0.39 is 0 Å². The highest BCUT2D eigenvalue weighted by atomic mass is 127. The first-order valence-corrected chi connectivity index (χ1v) is 9.57. The largest absolute Gasteiger partial charge is 0.272 e. The van der Waals surface area contributed by atoms with Gasteiger partial charge in [0, 0.05) is 22.9 Å². The quantitative estimate of drug-likeness (QED) is 0.429. The maximum atomic E-state index is 2.55. The number of hydrazine groups is 1. The van der Waals surface area contributed by atoms with Gasteiger partial charge in [-0.15, -0.1) is 24.0 Å². The van der Waals surface area contributed by atoms with E-state index in [2.05, 4.69) is 72.4 Å². The zero-order valence-corrected chi connectivity index (χ0v) is 17.7. The molecule has 2 aromatic rings. The molecule has 24 heavy (non-hydrogen) atoms. The van der Waals surface area contributed by atoms with Gasteiger partial charge in [-0.25, -0.2) is 5.01 Å². The average molecular weight is 454 g/mol. The molecule has 0 aliphatic carbocycles. The van der Waals surface area contributed by atoms with Gasteiger partial charge in [-0.2, -0.15) is 0 Å². The average Bonchev–Trinajstić information content (AvgIpc) is 2.60. The number of unbranched alkanes of at least 4 members (excludes halogenated alkanes) is 2. The third-order valence-corrected chi connectivity index (χ3v) is 5.36. The molecule has 0 aromatic heterocycles. The Balaban J connectivity index is 0.00000208. The van der Waals surface area contributed by atoms with E-state index in [4.69, 9.17) is 0 Å². The Morgan fingerprint density at radius 2 is 1.25 bits per heavy atom. The smallest absolute Gasteiger partial charge is 0.0720 e. The Hall–Kier alpha value is -0.720. The number of hydrogen-bond acceptors (Lipinski definition) is 3. The fourth-order valence-corrected chi connectivity index (χ4v) is 4.03. The van der Waals surface area contributed by atoms with E-state index in [-0.39, 0.29) is 24.0 Å². The van der Waals surface area contributed by atoms with Crippen LogP contribution in [0.1, 0.15) is 39.5 Å². The van der Waals surface area contributed by atoms with Crippen LogP contribution >= 0.6 is 35.7 Å². The van der Waals surface area contributed by atoms with Crippen molar-refractivity contribution in [2.75, 3.05) is 18.1 Å². The highest BCUT2D eigenvalue weighted by Gasteiger charge is 2.26. The zero-order chi connectivity index (χ0) is 16.1. The van der Waals surface area contributed by atoms with Crippen molar-refractivity contribution in [3.63, 3.8) is 0 Å². The monoisotopic (exact) mass is 454 g/mol. The van der Waals surface area contributed by atoms with Gasteiger partial charge in [-0.05, 0) is 37.1 Å². The summed E-state index contributed by atoms with van der Waals surface area (Å²) in [6.45, 7) is 6.77. The van der Waals surface area contributed by atoms with Gasteiger partial charge in [0.1, 0.15) is 0 Å². The Kier molecular flexibility index (Phi) is 7.91. The summed E-state index contributed by atoms with van der Waals surface area (Å²) < 4.78 is 0. The SMILES string of the molecule is CCCCN(CCCC)N1c2ccccc2Sc2ccccc21.I. The maximum Gasteiger partial charge on any atom is 0.0720 e. The molecular weight excluding hydrogens is 427 g/mol. The third-order valence-electron chi connectivity index (χ3n) is 4.23. The molecule has 1 aliphatic heterocycles. The fraction of sp³-hybridized carbons (Fsp3) is 0.400. The predicted octanol–water partition coefficient (Wildman–Crippen LogP) is 6.72. The second-order valence-corrected chi connectivity index (χ2v) is 7.09. The summed E-state index contributed by atoms with van der Waals surface area (Å²) in [7, 11) is 0. The van der Waals surface area contributed by atoms with Gasteiger partial charge in [0.15, 0.2) is 0 Å². The minimum Gasteiger partial charge on any atom is -0.272 e. The summed E-state index contributed by atoms with van der Waals surface area (Å²) in [4.78, 5) is 2.70. The molecule has 2 nitrogen and oxygen atoms in total. The fourth-order valence-electron chi connectivity index (χ4n) is 2.98. The Morgan fingerprint density at radius 3 is 1.71 bits per heavy atom. The number of hydrogen-bond donors (Lipinski definition) is 0. The highest BCUT2D eigenvalue weighted by molar-refractivity contribution is 14.0. The van der Waals surface area contributed by atoms with Crippen LogP contribution in [0.2, 0.25) is 0 Å². The minimum atomic E-state index is 0. The Morgan fingerprint density at radius 1 is 0.792 bits per heavy atom. The number of halogens is 1. The topological polar surface area (TPSA) is 6.48 Å². The lowest BCUT2D eigenvalue weighted by Crippen LogP contribution is -2.42. The van der Waals surface area contributed by atoms with Crippen LogP contribution in [0.3, 0.4) is 0 Å². The molecule has 0 saturated carbocycles. The summed E-state index contributed by atoms with van der Waals surface area (Å²) in [6.07, 6.45) is 4.93. The second kappa shape index (κ2) is 9.68. The first-order chi connectivity index (χ1) is 11.3. The molecule has 1 aliphatic rings. The van der Waals surface area contributed by atoms with Gasteiger partial charge in [0.2, 0.25) is 0 Å². The summed E-state index contributed by atoms with van der Waals surface area (Å²) in [5.41, 5.74) is 2.65. The van der Waals surface area contributed by atoms with Crippen molar-refractivity contribution in [2.45, 2.75) is 49.3 Å². The van der Waals surface area contributed by atoms with Gasteiger partial charge in [-0.1, -0.05) is 62.7 Å². The van der Waals surface area contributed by atoms with E-state index in [0.717, 1.165) is 13.1 Å². The van der Waals surface area contributed by atoms with Crippen LogP contribution in [0.25, 0.3) is 0 Å². The lowest BCUT2D eigenvalue weighted by molar-refractivity contribution is 0.266. The van der Waals surface area contributed by atoms with Crippen LogP contribution in [0.4, 0.5) is 11.4 Å². The van der Waals surface area contributed by atoms with Crippen molar-refractivity contribution >= 4 is 47.1 Å². The molecule has 0 saturated heterocycles. The van der Waals surface area contributed by atoms with Gasteiger partial charge < -0.3 is 0 Å². The second-order valence-electron chi connectivity index (χ2n) is 6.01. The van der Waals surface area contributed by atoms with E-state index in [9.17, 15) is 0 Å². The first kappa shape index (κ1) is 19.6. The number of nitrogens with zero attached hydrogens (tertiary/aromatic N) is 2. The van der Waals surface area contributed by atoms with E-state index in [1.54, 1.807) is 0 Å². The molecule has 3 rings (SSSR count). The molecule has 0 atom stereocenters. The van der Waals surface area contributed by atoms with Gasteiger partial charge >= 0.3 is 0 Å². The van der Waals surface area contributed by atoms with Crippen molar-refractivity contribution in [3.8, 4) is 0 Å². The molecular formula is C20H27IN2S. The van der Waals surface area contributed by atoms with Crippen LogP contribution in [0.5, 0.6) is 0 Å². The molecule has 0 unspecified atom stereocenters. The summed E-state index contributed by atoms with van der Waals surface area (Å²) in [5.74, 6) is 0. The van der Waals surface area contributed by atoms with Gasteiger partial charge in [-0.3, -0.25) is 5.01 Å². The predicted molar refractivity (Wildman–Crippen MR) is 116 cm³/mol. The van der Waals surface area contributed by atoms with Gasteiger partial charge in [0.05, 0.1) is 11.4 Å². The zero-order valence-electron chi connectivity index (χ0n) is 14.6. The molecule has 0 radical (unpaired) electrons. The normalized spacial score (nSPS) is 12.5. The molecule has 4 heteroatoms. The number of rotatable bonds is 7. The lowest BCUT2D eigenvalue weighted by Gasteiger charge is -2.41. The van der Waals surface area contributed by atoms with Crippen LogP contribution < -0.4 is 5.01 Å². The molecule has 0 spiro atoms. The van der Waals surface area contributed by atoms with Gasteiger partial charge in [0.25, 0.3) is 0 Å². The van der Waals surface area contributed by atoms with Crippen molar-refractivity contribution < 1.29 is 0 Å². The van der Waals surface area contributed by atoms with Crippen molar-refractivity contribution in [3.05, 3.63) is 48.5 Å². The van der Waals surface area contributed by atoms with Crippen LogP contribution in [0, 0.1) is 0 Å².